The molecule has 0 spiro atoms. The first-order chi connectivity index (χ1) is 8.81. The van der Waals surface area contributed by atoms with Gasteiger partial charge in [0.15, 0.2) is 6.10 Å². The number of hydrogen-bond acceptors (Lipinski definition) is 3. The van der Waals surface area contributed by atoms with Crippen LogP contribution in [0, 0.1) is 0 Å². The minimum Gasteiger partial charge on any atom is -0.481 e. The SMILES string of the molecule is CC(C)NC(=O)C(C)Oc1ccc(Br)cc1C(C)N. The summed E-state index contributed by atoms with van der Waals surface area (Å²) in [5.74, 6) is 0.512. The van der Waals surface area contributed by atoms with Crippen LogP contribution in [0.25, 0.3) is 0 Å². The van der Waals surface area contributed by atoms with Crippen LogP contribution in [0.3, 0.4) is 0 Å². The van der Waals surface area contributed by atoms with E-state index in [0.717, 1.165) is 10.0 Å². The third kappa shape index (κ3) is 4.84. The molecule has 0 aliphatic heterocycles. The molecule has 19 heavy (non-hydrogen) atoms. The first-order valence-corrected chi connectivity index (χ1v) is 7.12. The minimum atomic E-state index is -0.555. The molecule has 0 bridgehead atoms. The molecule has 2 unspecified atom stereocenters. The van der Waals surface area contributed by atoms with Crippen LogP contribution in [0.1, 0.15) is 39.3 Å². The Bertz CT molecular complexity index is 447. The number of ether oxygens (including phenoxy) is 1. The molecule has 0 saturated carbocycles. The first-order valence-electron chi connectivity index (χ1n) is 6.33. The van der Waals surface area contributed by atoms with Crippen LogP contribution in [0.5, 0.6) is 5.75 Å². The van der Waals surface area contributed by atoms with Crippen LogP contribution in [0.2, 0.25) is 0 Å². The topological polar surface area (TPSA) is 64.3 Å². The van der Waals surface area contributed by atoms with Crippen molar-refractivity contribution in [1.82, 2.24) is 5.32 Å². The lowest BCUT2D eigenvalue weighted by Crippen LogP contribution is -2.40. The lowest BCUT2D eigenvalue weighted by Gasteiger charge is -2.20. The standard InChI is InChI=1S/C14H21BrN2O2/c1-8(2)17-14(18)10(4)19-13-6-5-11(15)7-12(13)9(3)16/h5-10H,16H2,1-4H3,(H,17,18). The van der Waals surface area contributed by atoms with Gasteiger partial charge in [0.05, 0.1) is 0 Å². The number of carbonyl (C=O) groups excluding carboxylic acids is 1. The molecule has 0 aliphatic carbocycles. The third-order valence-corrected chi connectivity index (χ3v) is 3.06. The predicted molar refractivity (Wildman–Crippen MR) is 80.1 cm³/mol. The summed E-state index contributed by atoms with van der Waals surface area (Å²) in [6.45, 7) is 7.44. The summed E-state index contributed by atoms with van der Waals surface area (Å²) in [5.41, 5.74) is 6.79. The van der Waals surface area contributed by atoms with Crippen molar-refractivity contribution < 1.29 is 9.53 Å². The van der Waals surface area contributed by atoms with Crippen molar-refractivity contribution in [3.63, 3.8) is 0 Å². The molecule has 0 radical (unpaired) electrons. The van der Waals surface area contributed by atoms with E-state index in [-0.39, 0.29) is 18.0 Å². The zero-order valence-corrected chi connectivity index (χ0v) is 13.3. The zero-order valence-electron chi connectivity index (χ0n) is 11.7. The van der Waals surface area contributed by atoms with Crippen molar-refractivity contribution in [3.8, 4) is 5.75 Å². The highest BCUT2D eigenvalue weighted by Gasteiger charge is 2.18. The Morgan fingerprint density at radius 1 is 1.32 bits per heavy atom. The van der Waals surface area contributed by atoms with Crippen LogP contribution in [0.4, 0.5) is 0 Å². The van der Waals surface area contributed by atoms with Gasteiger partial charge in [-0.3, -0.25) is 4.79 Å². The largest absolute Gasteiger partial charge is 0.481 e. The maximum absolute atomic E-state index is 11.8. The quantitative estimate of drug-likeness (QED) is 0.873. The third-order valence-electron chi connectivity index (χ3n) is 2.57. The number of hydrogen-bond donors (Lipinski definition) is 2. The van der Waals surface area contributed by atoms with Gasteiger partial charge in [-0.05, 0) is 45.9 Å². The highest BCUT2D eigenvalue weighted by Crippen LogP contribution is 2.28. The van der Waals surface area contributed by atoms with Crippen molar-refractivity contribution >= 4 is 21.8 Å². The number of nitrogens with two attached hydrogens (primary N) is 1. The fraction of sp³-hybridized carbons (Fsp3) is 0.500. The number of halogens is 1. The second kappa shape index (κ2) is 6.91. The summed E-state index contributed by atoms with van der Waals surface area (Å²) in [4.78, 5) is 11.8. The van der Waals surface area contributed by atoms with E-state index in [0.29, 0.717) is 5.75 Å². The van der Waals surface area contributed by atoms with Crippen molar-refractivity contribution in [2.45, 2.75) is 45.9 Å². The van der Waals surface area contributed by atoms with Crippen LogP contribution in [0.15, 0.2) is 22.7 Å². The smallest absolute Gasteiger partial charge is 0.260 e. The van der Waals surface area contributed by atoms with Gasteiger partial charge in [-0.2, -0.15) is 0 Å². The van der Waals surface area contributed by atoms with Gasteiger partial charge in [-0.25, -0.2) is 0 Å². The molecule has 0 aromatic heterocycles. The molecule has 0 aliphatic rings. The monoisotopic (exact) mass is 328 g/mol. The molecule has 3 N–H and O–H groups in total. The summed E-state index contributed by atoms with van der Waals surface area (Å²) < 4.78 is 6.65. The Balaban J connectivity index is 2.84. The molecular formula is C14H21BrN2O2. The number of nitrogens with one attached hydrogen (secondary N) is 1. The first kappa shape index (κ1) is 16.0. The van der Waals surface area contributed by atoms with Crippen molar-refractivity contribution in [2.24, 2.45) is 5.73 Å². The van der Waals surface area contributed by atoms with Crippen LogP contribution in [-0.4, -0.2) is 18.1 Å². The number of amides is 1. The highest BCUT2D eigenvalue weighted by atomic mass is 79.9. The Hall–Kier alpha value is -1.07. The molecule has 1 aromatic carbocycles. The molecule has 1 aromatic rings. The summed E-state index contributed by atoms with van der Waals surface area (Å²) >= 11 is 3.40. The van der Waals surface area contributed by atoms with Crippen LogP contribution in [-0.2, 0) is 4.79 Å². The molecule has 1 rings (SSSR count). The molecule has 1 amide bonds. The molecule has 0 saturated heterocycles. The molecule has 5 heteroatoms. The zero-order chi connectivity index (χ0) is 14.6. The van der Waals surface area contributed by atoms with Gasteiger partial charge in [0.2, 0.25) is 0 Å². The summed E-state index contributed by atoms with van der Waals surface area (Å²) in [6.07, 6.45) is -0.555. The molecule has 4 nitrogen and oxygen atoms in total. The average Bonchev–Trinajstić information content (AvgIpc) is 2.30. The number of benzene rings is 1. The molecule has 0 heterocycles. The number of rotatable bonds is 5. The van der Waals surface area contributed by atoms with Gasteiger partial charge in [0.25, 0.3) is 5.91 Å². The van der Waals surface area contributed by atoms with Gasteiger partial charge in [0, 0.05) is 22.1 Å². The fourth-order valence-corrected chi connectivity index (χ4v) is 2.01. The van der Waals surface area contributed by atoms with E-state index in [9.17, 15) is 4.79 Å². The van der Waals surface area contributed by atoms with E-state index in [1.165, 1.54) is 0 Å². The van der Waals surface area contributed by atoms with Crippen LogP contribution >= 0.6 is 15.9 Å². The summed E-state index contributed by atoms with van der Waals surface area (Å²) in [5, 5.41) is 2.82. The molecule has 2 atom stereocenters. The number of carbonyl (C=O) groups is 1. The van der Waals surface area contributed by atoms with Gasteiger partial charge in [0.1, 0.15) is 5.75 Å². The minimum absolute atomic E-state index is 0.0939. The predicted octanol–water partition coefficient (Wildman–Crippen LogP) is 2.76. The molecular weight excluding hydrogens is 308 g/mol. The molecule has 0 fully saturated rings. The average molecular weight is 329 g/mol. The van der Waals surface area contributed by atoms with E-state index in [1.807, 2.05) is 39.0 Å². The van der Waals surface area contributed by atoms with Gasteiger partial charge in [-0.15, -0.1) is 0 Å². The molecule has 106 valence electrons. The summed E-state index contributed by atoms with van der Waals surface area (Å²) in [6, 6.07) is 5.53. The van der Waals surface area contributed by atoms with Gasteiger partial charge >= 0.3 is 0 Å². The highest BCUT2D eigenvalue weighted by molar-refractivity contribution is 9.10. The maximum atomic E-state index is 11.8. The maximum Gasteiger partial charge on any atom is 0.260 e. The second-order valence-electron chi connectivity index (χ2n) is 4.89. The van der Waals surface area contributed by atoms with E-state index >= 15 is 0 Å². The Kier molecular flexibility index (Phi) is 5.82. The van der Waals surface area contributed by atoms with E-state index < -0.39 is 6.10 Å². The summed E-state index contributed by atoms with van der Waals surface area (Å²) in [7, 11) is 0. The fourth-order valence-electron chi connectivity index (χ4n) is 1.63. The van der Waals surface area contributed by atoms with Gasteiger partial charge < -0.3 is 15.8 Å². The lowest BCUT2D eigenvalue weighted by molar-refractivity contribution is -0.127. The normalized spacial score (nSPS) is 14.1. The van der Waals surface area contributed by atoms with Crippen molar-refractivity contribution in [1.29, 1.82) is 0 Å². The van der Waals surface area contributed by atoms with Crippen LogP contribution < -0.4 is 15.8 Å². The lowest BCUT2D eigenvalue weighted by atomic mass is 10.1. The Labute approximate surface area is 122 Å². The van der Waals surface area contributed by atoms with E-state index in [4.69, 9.17) is 10.5 Å². The Morgan fingerprint density at radius 2 is 1.95 bits per heavy atom. The van der Waals surface area contributed by atoms with Crippen molar-refractivity contribution in [3.05, 3.63) is 28.2 Å². The van der Waals surface area contributed by atoms with E-state index in [1.54, 1.807) is 6.92 Å². The second-order valence-corrected chi connectivity index (χ2v) is 5.81. The Morgan fingerprint density at radius 3 is 2.47 bits per heavy atom. The van der Waals surface area contributed by atoms with Gasteiger partial charge in [-0.1, -0.05) is 15.9 Å². The van der Waals surface area contributed by atoms with E-state index in [2.05, 4.69) is 21.2 Å². The van der Waals surface area contributed by atoms with Crippen molar-refractivity contribution in [2.75, 3.05) is 0 Å².